The molecule has 0 aliphatic rings. The summed E-state index contributed by atoms with van der Waals surface area (Å²) >= 11 is 1.26. The Morgan fingerprint density at radius 1 is 1.08 bits per heavy atom. The fraction of sp³-hybridized carbons (Fsp3) is 0.222. The Bertz CT molecular complexity index is 1680. The summed E-state index contributed by atoms with van der Waals surface area (Å²) in [6.45, 7) is 6.89. The number of hydrogen-bond donors (Lipinski definition) is 1. The molecule has 3 heterocycles. The van der Waals surface area contributed by atoms with Crippen LogP contribution in [0.2, 0.25) is 0 Å². The smallest absolute Gasteiger partial charge is 0.268 e. The number of pyridine rings is 1. The van der Waals surface area contributed by atoms with Gasteiger partial charge in [0.2, 0.25) is 0 Å². The van der Waals surface area contributed by atoms with Crippen molar-refractivity contribution in [2.75, 3.05) is 0 Å². The maximum atomic E-state index is 14.7. The standard InChI is InChI=1S/C27H24FN3O4S/c1-14-6-8-22(20(28)10-14)34-21-9-7-16(27(3,4)33)11-17(21)19-13-31(5)26(32)24-18(19)12-23(36-24)25-29-15(2)30-35-25/h6-13,33H,1-5H3. The monoisotopic (exact) mass is 505 g/mol. The third-order valence-electron chi connectivity index (χ3n) is 5.88. The lowest BCUT2D eigenvalue weighted by atomic mass is 9.93. The topological polar surface area (TPSA) is 90.4 Å². The highest BCUT2D eigenvalue weighted by atomic mass is 32.1. The summed E-state index contributed by atoms with van der Waals surface area (Å²) in [7, 11) is 1.67. The Labute approximate surface area is 210 Å². The molecular formula is C27H24FN3O4S. The summed E-state index contributed by atoms with van der Waals surface area (Å²) in [5.41, 5.74) is 1.38. The van der Waals surface area contributed by atoms with Crippen molar-refractivity contribution in [3.63, 3.8) is 0 Å². The molecule has 0 fully saturated rings. The van der Waals surface area contributed by atoms with Gasteiger partial charge in [-0.3, -0.25) is 4.79 Å². The molecule has 5 aromatic rings. The van der Waals surface area contributed by atoms with Gasteiger partial charge in [-0.05, 0) is 69.2 Å². The highest BCUT2D eigenvalue weighted by Gasteiger charge is 2.23. The molecule has 3 aromatic heterocycles. The summed E-state index contributed by atoms with van der Waals surface area (Å²) in [5, 5.41) is 15.2. The largest absolute Gasteiger partial charge is 0.454 e. The Hall–Kier alpha value is -3.82. The van der Waals surface area contributed by atoms with Gasteiger partial charge in [-0.2, -0.15) is 4.98 Å². The minimum absolute atomic E-state index is 0.0752. The second-order valence-corrected chi connectivity index (χ2v) is 10.3. The van der Waals surface area contributed by atoms with E-state index in [2.05, 4.69) is 10.1 Å². The molecule has 0 saturated heterocycles. The zero-order valence-corrected chi connectivity index (χ0v) is 21.2. The Balaban J connectivity index is 1.76. The molecular weight excluding hydrogens is 481 g/mol. The van der Waals surface area contributed by atoms with Crippen LogP contribution in [0.25, 0.3) is 32.0 Å². The van der Waals surface area contributed by atoms with Crippen molar-refractivity contribution in [1.82, 2.24) is 14.7 Å². The molecule has 0 aliphatic carbocycles. The van der Waals surface area contributed by atoms with Crippen molar-refractivity contribution in [3.8, 4) is 33.4 Å². The molecule has 0 saturated carbocycles. The number of nitrogens with zero attached hydrogens (tertiary/aromatic N) is 3. The van der Waals surface area contributed by atoms with Crippen molar-refractivity contribution in [2.24, 2.45) is 7.05 Å². The fourth-order valence-electron chi connectivity index (χ4n) is 3.97. The lowest BCUT2D eigenvalue weighted by Crippen LogP contribution is -2.16. The molecule has 36 heavy (non-hydrogen) atoms. The molecule has 0 radical (unpaired) electrons. The van der Waals surface area contributed by atoms with Gasteiger partial charge in [-0.1, -0.05) is 17.3 Å². The molecule has 0 aliphatic heterocycles. The SMILES string of the molecule is Cc1ccc(Oc2ccc(C(C)(C)O)cc2-c2cn(C)c(=O)c3sc(-c4nc(C)no4)cc23)c(F)c1. The van der Waals surface area contributed by atoms with E-state index < -0.39 is 11.4 Å². The quantitative estimate of drug-likeness (QED) is 0.311. The van der Waals surface area contributed by atoms with E-state index >= 15 is 0 Å². The van der Waals surface area contributed by atoms with Crippen LogP contribution in [-0.4, -0.2) is 19.8 Å². The minimum Gasteiger partial charge on any atom is -0.454 e. The van der Waals surface area contributed by atoms with Gasteiger partial charge in [0.1, 0.15) is 10.4 Å². The highest BCUT2D eigenvalue weighted by Crippen LogP contribution is 2.42. The number of aryl methyl sites for hydroxylation is 3. The first-order valence-corrected chi connectivity index (χ1v) is 12.1. The summed E-state index contributed by atoms with van der Waals surface area (Å²) < 4.78 is 28.0. The number of hydrogen-bond acceptors (Lipinski definition) is 7. The third-order valence-corrected chi connectivity index (χ3v) is 6.99. The van der Waals surface area contributed by atoms with Crippen molar-refractivity contribution in [1.29, 1.82) is 0 Å². The van der Waals surface area contributed by atoms with E-state index in [0.29, 0.717) is 49.1 Å². The van der Waals surface area contributed by atoms with Gasteiger partial charge in [-0.25, -0.2) is 4.39 Å². The summed E-state index contributed by atoms with van der Waals surface area (Å²) in [5.74, 6) is 0.787. The number of aliphatic hydroxyl groups is 1. The number of halogens is 1. The average molecular weight is 506 g/mol. The Kier molecular flexibility index (Phi) is 5.77. The molecule has 7 nitrogen and oxygen atoms in total. The lowest BCUT2D eigenvalue weighted by Gasteiger charge is -2.21. The molecule has 0 atom stereocenters. The first kappa shape index (κ1) is 23.9. The van der Waals surface area contributed by atoms with Gasteiger partial charge >= 0.3 is 0 Å². The number of benzene rings is 2. The molecule has 0 amide bonds. The first-order chi connectivity index (χ1) is 17.0. The molecule has 184 valence electrons. The van der Waals surface area contributed by atoms with Crippen molar-refractivity contribution < 1.29 is 18.8 Å². The minimum atomic E-state index is -1.14. The number of fused-ring (bicyclic) bond motifs is 1. The maximum absolute atomic E-state index is 14.7. The molecule has 0 spiro atoms. The number of ether oxygens (including phenoxy) is 1. The van der Waals surface area contributed by atoms with Crippen LogP contribution < -0.4 is 10.3 Å². The van der Waals surface area contributed by atoms with Crippen molar-refractivity contribution in [2.45, 2.75) is 33.3 Å². The number of thiophene rings is 1. The summed E-state index contributed by atoms with van der Waals surface area (Å²) in [4.78, 5) is 18.0. The van der Waals surface area contributed by atoms with Crippen LogP contribution in [0.15, 0.2) is 58.0 Å². The van der Waals surface area contributed by atoms with Gasteiger partial charge in [0, 0.05) is 29.8 Å². The average Bonchev–Trinajstić information content (AvgIpc) is 3.44. The van der Waals surface area contributed by atoms with Gasteiger partial charge in [0.05, 0.1) is 10.5 Å². The van der Waals surface area contributed by atoms with E-state index in [1.807, 2.05) is 6.07 Å². The van der Waals surface area contributed by atoms with Gasteiger partial charge in [0.15, 0.2) is 17.4 Å². The van der Waals surface area contributed by atoms with E-state index in [9.17, 15) is 14.3 Å². The third kappa shape index (κ3) is 4.31. The molecule has 5 rings (SSSR count). The van der Waals surface area contributed by atoms with Gasteiger partial charge in [-0.15, -0.1) is 11.3 Å². The lowest BCUT2D eigenvalue weighted by molar-refractivity contribution is 0.0786. The van der Waals surface area contributed by atoms with E-state index in [-0.39, 0.29) is 11.3 Å². The predicted molar refractivity (Wildman–Crippen MR) is 137 cm³/mol. The molecule has 2 aromatic carbocycles. The van der Waals surface area contributed by atoms with E-state index in [1.54, 1.807) is 71.3 Å². The van der Waals surface area contributed by atoms with Crippen LogP contribution >= 0.6 is 11.3 Å². The molecule has 9 heteroatoms. The van der Waals surface area contributed by atoms with Crippen LogP contribution in [-0.2, 0) is 12.6 Å². The zero-order valence-electron chi connectivity index (χ0n) is 20.4. The fourth-order valence-corrected chi connectivity index (χ4v) is 5.04. The van der Waals surface area contributed by atoms with Crippen molar-refractivity contribution >= 4 is 21.4 Å². The molecule has 0 unspecified atom stereocenters. The van der Waals surface area contributed by atoms with E-state index in [1.165, 1.54) is 22.0 Å². The Morgan fingerprint density at radius 2 is 1.83 bits per heavy atom. The highest BCUT2D eigenvalue weighted by molar-refractivity contribution is 7.22. The number of aromatic nitrogens is 3. The summed E-state index contributed by atoms with van der Waals surface area (Å²) in [6.07, 6.45) is 1.71. The molecule has 1 N–H and O–H groups in total. The van der Waals surface area contributed by atoms with Crippen molar-refractivity contribution in [3.05, 3.63) is 81.8 Å². The van der Waals surface area contributed by atoms with E-state index in [0.717, 1.165) is 5.56 Å². The van der Waals surface area contributed by atoms with Crippen LogP contribution in [0.4, 0.5) is 4.39 Å². The molecule has 0 bridgehead atoms. The second-order valence-electron chi connectivity index (χ2n) is 9.26. The van der Waals surface area contributed by atoms with E-state index in [4.69, 9.17) is 9.26 Å². The summed E-state index contributed by atoms with van der Waals surface area (Å²) in [6, 6.07) is 11.8. The van der Waals surface area contributed by atoms with Crippen LogP contribution in [0.3, 0.4) is 0 Å². The van der Waals surface area contributed by atoms with Crippen LogP contribution in [0.5, 0.6) is 11.5 Å². The predicted octanol–water partition coefficient (Wildman–Crippen LogP) is 6.09. The number of rotatable bonds is 5. The van der Waals surface area contributed by atoms with Gasteiger partial charge in [0.25, 0.3) is 11.4 Å². The van der Waals surface area contributed by atoms with Gasteiger partial charge < -0.3 is 18.9 Å². The zero-order chi connectivity index (χ0) is 25.8. The Morgan fingerprint density at radius 3 is 2.50 bits per heavy atom. The van der Waals surface area contributed by atoms with Crippen LogP contribution in [0, 0.1) is 19.7 Å². The maximum Gasteiger partial charge on any atom is 0.268 e. The van der Waals surface area contributed by atoms with Crippen LogP contribution in [0.1, 0.15) is 30.8 Å². The second kappa shape index (κ2) is 8.69. The first-order valence-electron chi connectivity index (χ1n) is 11.3. The normalized spacial score (nSPS) is 11.9.